The summed E-state index contributed by atoms with van der Waals surface area (Å²) in [4.78, 5) is 22.4. The van der Waals surface area contributed by atoms with Gasteiger partial charge in [-0.05, 0) is 30.5 Å². The number of anilines is 1. The Morgan fingerprint density at radius 2 is 2.30 bits per heavy atom. The topological polar surface area (TPSA) is 86.3 Å². The van der Waals surface area contributed by atoms with Crippen molar-refractivity contribution in [1.82, 2.24) is 19.4 Å². The molecule has 1 unspecified atom stereocenters. The van der Waals surface area contributed by atoms with Crippen molar-refractivity contribution in [3.63, 3.8) is 0 Å². The van der Waals surface area contributed by atoms with Crippen LogP contribution in [0.25, 0.3) is 0 Å². The maximum absolute atomic E-state index is 12.5. The highest BCUT2D eigenvalue weighted by atomic mass is 16.5. The summed E-state index contributed by atoms with van der Waals surface area (Å²) in [7, 11) is 1.83. The van der Waals surface area contributed by atoms with Crippen LogP contribution in [0, 0.1) is 0 Å². The van der Waals surface area contributed by atoms with Gasteiger partial charge < -0.3 is 19.9 Å². The number of aromatic nitrogens is 3. The lowest BCUT2D eigenvalue weighted by atomic mass is 10.1. The number of carbonyl (C=O) groups is 1. The molecule has 0 aromatic carbocycles. The Labute approximate surface area is 135 Å². The molecule has 1 fully saturated rings. The summed E-state index contributed by atoms with van der Waals surface area (Å²) in [6.45, 7) is 1.75. The number of rotatable bonds is 4. The molecule has 3 rings (SSSR count). The van der Waals surface area contributed by atoms with E-state index in [1.165, 1.54) is 0 Å². The standard InChI is InChI=1S/C16H21N5O2/c1-20-7-6-19-15(20)16(22)21-8-9-23-13(11-21)3-2-12-4-5-18-14(17)10-12/h4-7,10,13H,2-3,8-9,11H2,1H3,(H2,17,18). The number of pyridine rings is 1. The second-order valence-corrected chi connectivity index (χ2v) is 5.73. The molecule has 2 aromatic heterocycles. The molecule has 1 aliphatic heterocycles. The number of ether oxygens (including phenoxy) is 1. The normalized spacial score (nSPS) is 18.1. The summed E-state index contributed by atoms with van der Waals surface area (Å²) in [6, 6.07) is 3.83. The van der Waals surface area contributed by atoms with Gasteiger partial charge in [-0.15, -0.1) is 0 Å². The van der Waals surface area contributed by atoms with Gasteiger partial charge in [-0.25, -0.2) is 9.97 Å². The summed E-state index contributed by atoms with van der Waals surface area (Å²) in [5, 5.41) is 0. The van der Waals surface area contributed by atoms with Crippen LogP contribution in [0.5, 0.6) is 0 Å². The molecule has 0 radical (unpaired) electrons. The van der Waals surface area contributed by atoms with E-state index in [1.54, 1.807) is 23.2 Å². The fraction of sp³-hybridized carbons (Fsp3) is 0.438. The molecule has 0 aliphatic carbocycles. The Kier molecular flexibility index (Phi) is 4.57. The van der Waals surface area contributed by atoms with Gasteiger partial charge in [0.15, 0.2) is 5.82 Å². The predicted octanol–water partition coefficient (Wildman–Crippen LogP) is 0.871. The fourth-order valence-corrected chi connectivity index (χ4v) is 2.77. The largest absolute Gasteiger partial charge is 0.384 e. The van der Waals surface area contributed by atoms with Crippen LogP contribution in [0.1, 0.15) is 22.6 Å². The van der Waals surface area contributed by atoms with Crippen molar-refractivity contribution in [2.45, 2.75) is 18.9 Å². The van der Waals surface area contributed by atoms with Crippen LogP contribution in [-0.4, -0.2) is 51.1 Å². The molecule has 0 spiro atoms. The van der Waals surface area contributed by atoms with Gasteiger partial charge in [0.25, 0.3) is 5.91 Å². The Morgan fingerprint density at radius 1 is 1.43 bits per heavy atom. The number of nitrogens with two attached hydrogens (primary N) is 1. The van der Waals surface area contributed by atoms with E-state index in [1.807, 2.05) is 24.1 Å². The lowest BCUT2D eigenvalue weighted by Gasteiger charge is -2.32. The van der Waals surface area contributed by atoms with Crippen molar-refractivity contribution in [2.24, 2.45) is 7.05 Å². The Bertz CT molecular complexity index is 685. The van der Waals surface area contributed by atoms with E-state index >= 15 is 0 Å². The molecule has 2 aromatic rings. The number of hydrogen-bond donors (Lipinski definition) is 1. The second kappa shape index (κ2) is 6.78. The van der Waals surface area contributed by atoms with E-state index in [0.717, 1.165) is 18.4 Å². The van der Waals surface area contributed by atoms with Crippen molar-refractivity contribution in [3.8, 4) is 0 Å². The van der Waals surface area contributed by atoms with Crippen molar-refractivity contribution in [1.29, 1.82) is 0 Å². The molecule has 7 heteroatoms. The monoisotopic (exact) mass is 315 g/mol. The lowest BCUT2D eigenvalue weighted by Crippen LogP contribution is -2.46. The fourth-order valence-electron chi connectivity index (χ4n) is 2.77. The zero-order valence-corrected chi connectivity index (χ0v) is 13.2. The first-order valence-corrected chi connectivity index (χ1v) is 7.72. The highest BCUT2D eigenvalue weighted by Crippen LogP contribution is 2.15. The number of nitrogen functional groups attached to an aromatic ring is 1. The highest BCUT2D eigenvalue weighted by Gasteiger charge is 2.26. The van der Waals surface area contributed by atoms with Gasteiger partial charge in [-0.1, -0.05) is 0 Å². The maximum Gasteiger partial charge on any atom is 0.290 e. The first kappa shape index (κ1) is 15.5. The molecule has 122 valence electrons. The van der Waals surface area contributed by atoms with Crippen LogP contribution in [0.3, 0.4) is 0 Å². The molecule has 1 aliphatic rings. The first-order chi connectivity index (χ1) is 11.1. The molecule has 2 N–H and O–H groups in total. The highest BCUT2D eigenvalue weighted by molar-refractivity contribution is 5.90. The van der Waals surface area contributed by atoms with Crippen molar-refractivity contribution < 1.29 is 9.53 Å². The van der Waals surface area contributed by atoms with Crippen LogP contribution >= 0.6 is 0 Å². The number of aryl methyl sites for hydroxylation is 2. The number of carbonyl (C=O) groups excluding carboxylic acids is 1. The number of hydrogen-bond acceptors (Lipinski definition) is 5. The summed E-state index contributed by atoms with van der Waals surface area (Å²) >= 11 is 0. The second-order valence-electron chi connectivity index (χ2n) is 5.73. The number of nitrogens with zero attached hydrogens (tertiary/aromatic N) is 4. The van der Waals surface area contributed by atoms with Gasteiger partial charge in [-0.3, -0.25) is 4.79 Å². The van der Waals surface area contributed by atoms with E-state index in [4.69, 9.17) is 10.5 Å². The van der Waals surface area contributed by atoms with Gasteiger partial charge in [0.05, 0.1) is 12.7 Å². The SMILES string of the molecule is Cn1ccnc1C(=O)N1CCOC(CCc2ccnc(N)c2)C1. The lowest BCUT2D eigenvalue weighted by molar-refractivity contribution is -0.0250. The molecular weight excluding hydrogens is 294 g/mol. The maximum atomic E-state index is 12.5. The summed E-state index contributed by atoms with van der Waals surface area (Å²) in [5.74, 6) is 0.949. The Morgan fingerprint density at radius 3 is 3.04 bits per heavy atom. The molecular formula is C16H21N5O2. The molecule has 1 atom stereocenters. The van der Waals surface area contributed by atoms with Gasteiger partial charge >= 0.3 is 0 Å². The molecule has 1 saturated heterocycles. The van der Waals surface area contributed by atoms with Crippen molar-refractivity contribution in [3.05, 3.63) is 42.1 Å². The zero-order valence-electron chi connectivity index (χ0n) is 13.2. The molecule has 7 nitrogen and oxygen atoms in total. The van der Waals surface area contributed by atoms with E-state index < -0.39 is 0 Å². The van der Waals surface area contributed by atoms with E-state index in [9.17, 15) is 4.79 Å². The number of morpholine rings is 1. The van der Waals surface area contributed by atoms with Crippen LogP contribution in [-0.2, 0) is 18.2 Å². The van der Waals surface area contributed by atoms with Gasteiger partial charge in [0, 0.05) is 38.7 Å². The quantitative estimate of drug-likeness (QED) is 0.905. The van der Waals surface area contributed by atoms with E-state index in [2.05, 4.69) is 9.97 Å². The number of amides is 1. The summed E-state index contributed by atoms with van der Waals surface area (Å²) in [5.41, 5.74) is 6.83. The molecule has 0 bridgehead atoms. The van der Waals surface area contributed by atoms with Crippen molar-refractivity contribution in [2.75, 3.05) is 25.4 Å². The predicted molar refractivity (Wildman–Crippen MR) is 85.8 cm³/mol. The first-order valence-electron chi connectivity index (χ1n) is 7.72. The summed E-state index contributed by atoms with van der Waals surface area (Å²) in [6.07, 6.45) is 6.85. The molecule has 0 saturated carbocycles. The third-order valence-corrected chi connectivity index (χ3v) is 4.04. The molecule has 3 heterocycles. The average Bonchev–Trinajstić information content (AvgIpc) is 2.99. The summed E-state index contributed by atoms with van der Waals surface area (Å²) < 4.78 is 7.53. The Hall–Kier alpha value is -2.41. The minimum Gasteiger partial charge on any atom is -0.384 e. The van der Waals surface area contributed by atoms with E-state index in [-0.39, 0.29) is 12.0 Å². The molecule has 23 heavy (non-hydrogen) atoms. The van der Waals surface area contributed by atoms with Gasteiger partial charge in [-0.2, -0.15) is 0 Å². The van der Waals surface area contributed by atoms with Crippen LogP contribution in [0.2, 0.25) is 0 Å². The minimum atomic E-state index is -0.0426. The van der Waals surface area contributed by atoms with Crippen molar-refractivity contribution >= 4 is 11.7 Å². The van der Waals surface area contributed by atoms with Crippen LogP contribution in [0.4, 0.5) is 5.82 Å². The molecule has 1 amide bonds. The Balaban J connectivity index is 1.58. The number of imidazole rings is 1. The third-order valence-electron chi connectivity index (χ3n) is 4.04. The smallest absolute Gasteiger partial charge is 0.290 e. The van der Waals surface area contributed by atoms with Crippen LogP contribution in [0.15, 0.2) is 30.7 Å². The third kappa shape index (κ3) is 3.68. The van der Waals surface area contributed by atoms with Gasteiger partial charge in [0.2, 0.25) is 0 Å². The van der Waals surface area contributed by atoms with Gasteiger partial charge in [0.1, 0.15) is 5.82 Å². The average molecular weight is 315 g/mol. The van der Waals surface area contributed by atoms with E-state index in [0.29, 0.717) is 31.3 Å². The van der Waals surface area contributed by atoms with Crippen LogP contribution < -0.4 is 5.73 Å². The zero-order chi connectivity index (χ0) is 16.2. The minimum absolute atomic E-state index is 0.0300.